The lowest BCUT2D eigenvalue weighted by Gasteiger charge is -2.13. The first-order valence-electron chi connectivity index (χ1n) is 7.22. The van der Waals surface area contributed by atoms with Crippen molar-refractivity contribution in [2.75, 3.05) is 26.2 Å². The van der Waals surface area contributed by atoms with E-state index in [9.17, 15) is 4.79 Å². The molecule has 0 aliphatic carbocycles. The van der Waals surface area contributed by atoms with Crippen LogP contribution < -0.4 is 5.32 Å². The molecular weight excluding hydrogens is 240 g/mol. The fourth-order valence-corrected chi connectivity index (χ4v) is 2.55. The SMILES string of the molecule is CCN1CCC(CNC(=O)CCCn2ccnc2)C1. The quantitative estimate of drug-likeness (QED) is 0.803. The van der Waals surface area contributed by atoms with E-state index in [4.69, 9.17) is 0 Å². The number of carbonyl (C=O) groups excluding carboxylic acids is 1. The number of carbonyl (C=O) groups is 1. The number of amides is 1. The molecule has 1 aromatic heterocycles. The molecule has 0 bridgehead atoms. The number of aryl methyl sites for hydroxylation is 1. The summed E-state index contributed by atoms with van der Waals surface area (Å²) in [4.78, 5) is 18.2. The average Bonchev–Trinajstić information content (AvgIpc) is 3.07. The van der Waals surface area contributed by atoms with Crippen molar-refractivity contribution in [3.8, 4) is 0 Å². The molecule has 0 spiro atoms. The number of hydrogen-bond acceptors (Lipinski definition) is 3. The molecule has 2 rings (SSSR count). The number of nitrogens with one attached hydrogen (secondary N) is 1. The van der Waals surface area contributed by atoms with Crippen LogP contribution in [0.15, 0.2) is 18.7 Å². The number of nitrogens with zero attached hydrogens (tertiary/aromatic N) is 3. The van der Waals surface area contributed by atoms with Crippen molar-refractivity contribution in [3.05, 3.63) is 18.7 Å². The van der Waals surface area contributed by atoms with E-state index in [1.54, 1.807) is 12.5 Å². The second kappa shape index (κ2) is 7.28. The van der Waals surface area contributed by atoms with Gasteiger partial charge in [-0.05, 0) is 31.8 Å². The molecule has 1 N–H and O–H groups in total. The zero-order chi connectivity index (χ0) is 13.5. The van der Waals surface area contributed by atoms with Gasteiger partial charge in [-0.2, -0.15) is 0 Å². The molecule has 1 aromatic rings. The van der Waals surface area contributed by atoms with Gasteiger partial charge in [0.05, 0.1) is 6.33 Å². The van der Waals surface area contributed by atoms with Crippen LogP contribution >= 0.6 is 0 Å². The highest BCUT2D eigenvalue weighted by molar-refractivity contribution is 5.75. The van der Waals surface area contributed by atoms with Crippen molar-refractivity contribution >= 4 is 5.91 Å². The minimum absolute atomic E-state index is 0.176. The molecule has 1 fully saturated rings. The lowest BCUT2D eigenvalue weighted by Crippen LogP contribution is -2.30. The third-order valence-electron chi connectivity index (χ3n) is 3.78. The van der Waals surface area contributed by atoms with Gasteiger partial charge in [-0.1, -0.05) is 6.92 Å². The Morgan fingerprint density at radius 2 is 2.42 bits per heavy atom. The first-order valence-corrected chi connectivity index (χ1v) is 7.22. The minimum Gasteiger partial charge on any atom is -0.356 e. The molecular formula is C14H24N4O. The van der Waals surface area contributed by atoms with E-state index in [1.165, 1.54) is 13.0 Å². The van der Waals surface area contributed by atoms with Crippen LogP contribution in [-0.4, -0.2) is 46.5 Å². The van der Waals surface area contributed by atoms with Gasteiger partial charge in [-0.25, -0.2) is 4.98 Å². The second-order valence-electron chi connectivity index (χ2n) is 5.26. The van der Waals surface area contributed by atoms with Crippen molar-refractivity contribution in [2.24, 2.45) is 5.92 Å². The maximum absolute atomic E-state index is 11.7. The van der Waals surface area contributed by atoms with Gasteiger partial charge in [0.25, 0.3) is 0 Å². The molecule has 1 unspecified atom stereocenters. The predicted molar refractivity (Wildman–Crippen MR) is 74.7 cm³/mol. The molecule has 1 amide bonds. The van der Waals surface area contributed by atoms with Crippen LogP contribution in [0.4, 0.5) is 0 Å². The van der Waals surface area contributed by atoms with Crippen molar-refractivity contribution in [3.63, 3.8) is 0 Å². The highest BCUT2D eigenvalue weighted by Gasteiger charge is 2.21. The number of aromatic nitrogens is 2. The van der Waals surface area contributed by atoms with Crippen molar-refractivity contribution in [2.45, 2.75) is 32.7 Å². The zero-order valence-corrected chi connectivity index (χ0v) is 11.7. The van der Waals surface area contributed by atoms with Crippen LogP contribution in [0.25, 0.3) is 0 Å². The van der Waals surface area contributed by atoms with Crippen LogP contribution in [0.2, 0.25) is 0 Å². The molecule has 5 heteroatoms. The Labute approximate surface area is 115 Å². The van der Waals surface area contributed by atoms with E-state index in [1.807, 2.05) is 10.8 Å². The minimum atomic E-state index is 0.176. The molecule has 1 atom stereocenters. The molecule has 106 valence electrons. The van der Waals surface area contributed by atoms with E-state index in [0.29, 0.717) is 12.3 Å². The van der Waals surface area contributed by atoms with Gasteiger partial charge in [0.2, 0.25) is 5.91 Å². The average molecular weight is 264 g/mol. The molecule has 0 saturated carbocycles. The lowest BCUT2D eigenvalue weighted by molar-refractivity contribution is -0.121. The number of likely N-dealkylation sites (tertiary alicyclic amines) is 1. The fourth-order valence-electron chi connectivity index (χ4n) is 2.55. The van der Waals surface area contributed by atoms with E-state index in [2.05, 4.69) is 22.1 Å². The van der Waals surface area contributed by atoms with Gasteiger partial charge in [-0.15, -0.1) is 0 Å². The van der Waals surface area contributed by atoms with Crippen LogP contribution in [0.3, 0.4) is 0 Å². The molecule has 19 heavy (non-hydrogen) atoms. The monoisotopic (exact) mass is 264 g/mol. The van der Waals surface area contributed by atoms with Crippen molar-refractivity contribution in [1.82, 2.24) is 19.8 Å². The third-order valence-corrected chi connectivity index (χ3v) is 3.78. The summed E-state index contributed by atoms with van der Waals surface area (Å²) in [6.07, 6.45) is 8.16. The van der Waals surface area contributed by atoms with Crippen LogP contribution in [0.1, 0.15) is 26.2 Å². The van der Waals surface area contributed by atoms with Crippen molar-refractivity contribution < 1.29 is 4.79 Å². The van der Waals surface area contributed by atoms with Gasteiger partial charge in [-0.3, -0.25) is 4.79 Å². The summed E-state index contributed by atoms with van der Waals surface area (Å²) < 4.78 is 2.00. The molecule has 1 aliphatic heterocycles. The highest BCUT2D eigenvalue weighted by atomic mass is 16.1. The normalized spacial score (nSPS) is 19.7. The van der Waals surface area contributed by atoms with Gasteiger partial charge in [0, 0.05) is 38.4 Å². The second-order valence-corrected chi connectivity index (χ2v) is 5.26. The first-order chi connectivity index (χ1) is 9.28. The van der Waals surface area contributed by atoms with Crippen LogP contribution in [-0.2, 0) is 11.3 Å². The van der Waals surface area contributed by atoms with Crippen molar-refractivity contribution in [1.29, 1.82) is 0 Å². The maximum atomic E-state index is 11.7. The Morgan fingerprint density at radius 3 is 3.11 bits per heavy atom. The van der Waals surface area contributed by atoms with Gasteiger partial charge >= 0.3 is 0 Å². The molecule has 2 heterocycles. The van der Waals surface area contributed by atoms with Gasteiger partial charge < -0.3 is 14.8 Å². The Balaban J connectivity index is 1.55. The first kappa shape index (κ1) is 14.1. The molecule has 1 aliphatic rings. The van der Waals surface area contributed by atoms with E-state index < -0.39 is 0 Å². The van der Waals surface area contributed by atoms with E-state index >= 15 is 0 Å². The summed E-state index contributed by atoms with van der Waals surface area (Å²) in [6, 6.07) is 0. The van der Waals surface area contributed by atoms with Crippen LogP contribution in [0, 0.1) is 5.92 Å². The van der Waals surface area contributed by atoms with Gasteiger partial charge in [0.15, 0.2) is 0 Å². The Bertz CT molecular complexity index is 377. The number of rotatable bonds is 7. The lowest BCUT2D eigenvalue weighted by atomic mass is 10.1. The standard InChI is InChI=1S/C14H24N4O/c1-2-17-8-5-13(11-17)10-16-14(19)4-3-7-18-9-6-15-12-18/h6,9,12-13H,2-5,7-8,10-11H2,1H3,(H,16,19). The Kier molecular flexibility index (Phi) is 5.39. The third kappa shape index (κ3) is 4.67. The smallest absolute Gasteiger partial charge is 0.220 e. The molecule has 5 nitrogen and oxygen atoms in total. The molecule has 0 radical (unpaired) electrons. The summed E-state index contributed by atoms with van der Waals surface area (Å²) in [7, 11) is 0. The highest BCUT2D eigenvalue weighted by Crippen LogP contribution is 2.14. The summed E-state index contributed by atoms with van der Waals surface area (Å²) in [5, 5.41) is 3.06. The summed E-state index contributed by atoms with van der Waals surface area (Å²) >= 11 is 0. The predicted octanol–water partition coefficient (Wildman–Crippen LogP) is 1.12. The maximum Gasteiger partial charge on any atom is 0.220 e. The summed E-state index contributed by atoms with van der Waals surface area (Å²) in [5.74, 6) is 0.813. The molecule has 0 aromatic carbocycles. The Morgan fingerprint density at radius 1 is 1.53 bits per heavy atom. The van der Waals surface area contributed by atoms with Crippen LogP contribution in [0.5, 0.6) is 0 Å². The zero-order valence-electron chi connectivity index (χ0n) is 11.7. The summed E-state index contributed by atoms with van der Waals surface area (Å²) in [5.41, 5.74) is 0. The van der Waals surface area contributed by atoms with E-state index in [-0.39, 0.29) is 5.91 Å². The Hall–Kier alpha value is -1.36. The molecule has 1 saturated heterocycles. The summed E-state index contributed by atoms with van der Waals surface area (Å²) in [6.45, 7) is 7.32. The topological polar surface area (TPSA) is 50.2 Å². The number of hydrogen-bond donors (Lipinski definition) is 1. The van der Waals surface area contributed by atoms with Gasteiger partial charge in [0.1, 0.15) is 0 Å². The fraction of sp³-hybridized carbons (Fsp3) is 0.714. The van der Waals surface area contributed by atoms with E-state index in [0.717, 1.165) is 32.6 Å². The number of imidazole rings is 1. The largest absolute Gasteiger partial charge is 0.356 e.